The molecule has 1 N–H and O–H groups in total. The summed E-state index contributed by atoms with van der Waals surface area (Å²) in [5.41, 5.74) is 1.51. The monoisotopic (exact) mass is 422 g/mol. The SMILES string of the molecule is C[C@@H](NC(=O)O[C@H](C#N)c1cccc(Oc2ccccc2)c1)c1cccc2ccccc12. The van der Waals surface area contributed by atoms with Crippen LogP contribution < -0.4 is 10.1 Å². The number of fused-ring (bicyclic) bond motifs is 1. The highest BCUT2D eigenvalue weighted by atomic mass is 16.6. The maximum atomic E-state index is 12.6. The lowest BCUT2D eigenvalue weighted by molar-refractivity contribution is 0.120. The number of nitrogens with one attached hydrogen (secondary N) is 1. The summed E-state index contributed by atoms with van der Waals surface area (Å²) in [5.74, 6) is 1.24. The van der Waals surface area contributed by atoms with Gasteiger partial charge in [0.2, 0.25) is 6.10 Å². The molecule has 0 aliphatic carbocycles. The molecule has 1 amide bonds. The van der Waals surface area contributed by atoms with Crippen LogP contribution in [-0.4, -0.2) is 6.09 Å². The van der Waals surface area contributed by atoms with Crippen molar-refractivity contribution in [2.45, 2.75) is 19.1 Å². The number of carbonyl (C=O) groups excluding carboxylic acids is 1. The van der Waals surface area contributed by atoms with Crippen LogP contribution in [0.3, 0.4) is 0 Å². The molecule has 4 rings (SSSR count). The van der Waals surface area contributed by atoms with Crippen LogP contribution in [0.4, 0.5) is 4.79 Å². The van der Waals surface area contributed by atoms with Crippen molar-refractivity contribution in [2.75, 3.05) is 0 Å². The molecular formula is C27H22N2O3. The van der Waals surface area contributed by atoms with E-state index in [0.29, 0.717) is 17.1 Å². The highest BCUT2D eigenvalue weighted by Crippen LogP contribution is 2.27. The normalized spacial score (nSPS) is 12.4. The Morgan fingerprint density at radius 3 is 2.38 bits per heavy atom. The van der Waals surface area contributed by atoms with E-state index in [9.17, 15) is 10.1 Å². The Morgan fingerprint density at radius 2 is 1.56 bits per heavy atom. The van der Waals surface area contributed by atoms with Crippen molar-refractivity contribution >= 4 is 16.9 Å². The van der Waals surface area contributed by atoms with E-state index in [1.807, 2.05) is 85.8 Å². The molecule has 0 radical (unpaired) electrons. The molecule has 0 saturated carbocycles. The number of alkyl carbamates (subject to hydrolysis) is 1. The van der Waals surface area contributed by atoms with E-state index in [0.717, 1.165) is 16.3 Å². The van der Waals surface area contributed by atoms with E-state index >= 15 is 0 Å². The van der Waals surface area contributed by atoms with Crippen LogP contribution in [0, 0.1) is 11.3 Å². The minimum atomic E-state index is -1.06. The molecule has 5 nitrogen and oxygen atoms in total. The fraction of sp³-hybridized carbons (Fsp3) is 0.111. The van der Waals surface area contributed by atoms with Gasteiger partial charge in [-0.3, -0.25) is 0 Å². The van der Waals surface area contributed by atoms with Crippen LogP contribution in [0.2, 0.25) is 0 Å². The first-order valence-corrected chi connectivity index (χ1v) is 10.3. The summed E-state index contributed by atoms with van der Waals surface area (Å²) < 4.78 is 11.2. The summed E-state index contributed by atoms with van der Waals surface area (Å²) in [5, 5.41) is 14.6. The molecule has 32 heavy (non-hydrogen) atoms. The van der Waals surface area contributed by atoms with Gasteiger partial charge in [0.15, 0.2) is 0 Å². The van der Waals surface area contributed by atoms with E-state index in [1.54, 1.807) is 24.3 Å². The van der Waals surface area contributed by atoms with Crippen LogP contribution >= 0.6 is 0 Å². The van der Waals surface area contributed by atoms with E-state index in [4.69, 9.17) is 9.47 Å². The summed E-state index contributed by atoms with van der Waals surface area (Å²) in [6.45, 7) is 1.89. The molecule has 0 spiro atoms. The second-order valence-corrected chi connectivity index (χ2v) is 7.34. The fourth-order valence-electron chi connectivity index (χ4n) is 3.56. The van der Waals surface area contributed by atoms with Crippen LogP contribution in [-0.2, 0) is 4.74 Å². The number of rotatable bonds is 6. The summed E-state index contributed by atoms with van der Waals surface area (Å²) in [6.07, 6.45) is -1.72. The van der Waals surface area contributed by atoms with Gasteiger partial charge in [-0.05, 0) is 47.5 Å². The van der Waals surface area contributed by atoms with Gasteiger partial charge in [0.1, 0.15) is 17.6 Å². The number of carbonyl (C=O) groups is 1. The fourth-order valence-corrected chi connectivity index (χ4v) is 3.56. The highest BCUT2D eigenvalue weighted by Gasteiger charge is 2.19. The molecule has 5 heteroatoms. The second-order valence-electron chi connectivity index (χ2n) is 7.34. The molecule has 2 atom stereocenters. The van der Waals surface area contributed by atoms with Gasteiger partial charge in [-0.25, -0.2) is 4.79 Å². The standard InChI is InChI=1S/C27H22N2O3/c1-19(24-16-8-10-20-9-5-6-15-25(20)24)29-27(30)32-26(18-28)21-11-7-14-23(17-21)31-22-12-3-2-4-13-22/h2-17,19,26H,1H3,(H,29,30)/t19-,26-/m1/s1. The lowest BCUT2D eigenvalue weighted by Gasteiger charge is -2.18. The number of nitrogens with zero attached hydrogens (tertiary/aromatic N) is 1. The number of nitriles is 1. The second kappa shape index (κ2) is 9.67. The summed E-state index contributed by atoms with van der Waals surface area (Å²) in [4.78, 5) is 12.6. The molecule has 0 heterocycles. The molecule has 0 aliphatic rings. The first-order chi connectivity index (χ1) is 15.6. The Bertz CT molecular complexity index is 1260. The summed E-state index contributed by atoms with van der Waals surface area (Å²) in [7, 11) is 0. The lowest BCUT2D eigenvalue weighted by Crippen LogP contribution is -2.28. The third-order valence-electron chi connectivity index (χ3n) is 5.11. The summed E-state index contributed by atoms with van der Waals surface area (Å²) >= 11 is 0. The number of hydrogen-bond donors (Lipinski definition) is 1. The molecular weight excluding hydrogens is 400 g/mol. The molecule has 0 bridgehead atoms. The third kappa shape index (κ3) is 4.88. The number of benzene rings is 4. The van der Waals surface area contributed by atoms with Gasteiger partial charge in [0.25, 0.3) is 0 Å². The zero-order chi connectivity index (χ0) is 22.3. The molecule has 0 aliphatic heterocycles. The van der Waals surface area contributed by atoms with Crippen LogP contribution in [0.5, 0.6) is 11.5 Å². The van der Waals surface area contributed by atoms with Gasteiger partial charge in [-0.2, -0.15) is 5.26 Å². The van der Waals surface area contributed by atoms with Gasteiger partial charge >= 0.3 is 6.09 Å². The minimum absolute atomic E-state index is 0.291. The number of para-hydroxylation sites is 1. The smallest absolute Gasteiger partial charge is 0.409 e. The van der Waals surface area contributed by atoms with Crippen molar-refractivity contribution in [3.8, 4) is 17.6 Å². The van der Waals surface area contributed by atoms with E-state index < -0.39 is 12.2 Å². The van der Waals surface area contributed by atoms with E-state index in [2.05, 4.69) is 5.32 Å². The first-order valence-electron chi connectivity index (χ1n) is 10.3. The van der Waals surface area contributed by atoms with Crippen molar-refractivity contribution in [3.05, 3.63) is 108 Å². The molecule has 4 aromatic carbocycles. The Balaban J connectivity index is 1.45. The van der Waals surface area contributed by atoms with Gasteiger partial charge in [0.05, 0.1) is 6.04 Å². The van der Waals surface area contributed by atoms with Crippen LogP contribution in [0.1, 0.15) is 30.2 Å². The number of amides is 1. The topological polar surface area (TPSA) is 71.3 Å². The number of hydrogen-bond acceptors (Lipinski definition) is 4. The molecule has 158 valence electrons. The van der Waals surface area contributed by atoms with Crippen LogP contribution in [0.15, 0.2) is 97.1 Å². The predicted molar refractivity (Wildman–Crippen MR) is 123 cm³/mol. The van der Waals surface area contributed by atoms with Crippen molar-refractivity contribution in [2.24, 2.45) is 0 Å². The molecule has 0 fully saturated rings. The van der Waals surface area contributed by atoms with Crippen molar-refractivity contribution in [1.82, 2.24) is 5.32 Å². The first kappa shape index (κ1) is 21.0. The maximum Gasteiger partial charge on any atom is 0.409 e. The lowest BCUT2D eigenvalue weighted by atomic mass is 10.00. The third-order valence-corrected chi connectivity index (χ3v) is 5.11. The molecule has 0 saturated heterocycles. The van der Waals surface area contributed by atoms with E-state index in [-0.39, 0.29) is 6.04 Å². The zero-order valence-corrected chi connectivity index (χ0v) is 17.6. The van der Waals surface area contributed by atoms with Gasteiger partial charge in [0, 0.05) is 5.56 Å². The summed E-state index contributed by atoms with van der Waals surface area (Å²) in [6, 6.07) is 32.0. The minimum Gasteiger partial charge on any atom is -0.457 e. The van der Waals surface area contributed by atoms with Crippen molar-refractivity contribution in [1.29, 1.82) is 5.26 Å². The Labute approximate surface area is 186 Å². The average molecular weight is 422 g/mol. The maximum absolute atomic E-state index is 12.6. The van der Waals surface area contributed by atoms with Gasteiger partial charge in [-0.15, -0.1) is 0 Å². The predicted octanol–water partition coefficient (Wildman–Crippen LogP) is 6.68. The van der Waals surface area contributed by atoms with Crippen molar-refractivity contribution in [3.63, 3.8) is 0 Å². The van der Waals surface area contributed by atoms with Gasteiger partial charge < -0.3 is 14.8 Å². The van der Waals surface area contributed by atoms with Crippen molar-refractivity contribution < 1.29 is 14.3 Å². The Morgan fingerprint density at radius 1 is 0.875 bits per heavy atom. The zero-order valence-electron chi connectivity index (χ0n) is 17.6. The van der Waals surface area contributed by atoms with Gasteiger partial charge in [-0.1, -0.05) is 72.8 Å². The Kier molecular flexibility index (Phi) is 6.33. The largest absolute Gasteiger partial charge is 0.457 e. The molecule has 0 unspecified atom stereocenters. The molecule has 4 aromatic rings. The Hall–Kier alpha value is -4.30. The van der Waals surface area contributed by atoms with E-state index in [1.165, 1.54) is 0 Å². The number of ether oxygens (including phenoxy) is 2. The van der Waals surface area contributed by atoms with Crippen LogP contribution in [0.25, 0.3) is 10.8 Å². The molecule has 0 aromatic heterocycles. The average Bonchev–Trinajstić information content (AvgIpc) is 2.83. The quantitative estimate of drug-likeness (QED) is 0.376. The highest BCUT2D eigenvalue weighted by molar-refractivity contribution is 5.86.